The maximum Gasteiger partial charge on any atom is 0.243 e. The molecule has 0 atom stereocenters. The fourth-order valence-corrected chi connectivity index (χ4v) is 2.30. The average Bonchev–Trinajstić information content (AvgIpc) is 2.69. The van der Waals surface area contributed by atoms with Gasteiger partial charge >= 0.3 is 0 Å². The summed E-state index contributed by atoms with van der Waals surface area (Å²) in [5.41, 5.74) is 1.57. The molecule has 0 spiro atoms. The molecular formula is C21H28N2O4. The summed E-state index contributed by atoms with van der Waals surface area (Å²) in [6.45, 7) is 6.61. The number of ether oxygens (including phenoxy) is 3. The van der Waals surface area contributed by atoms with Crippen molar-refractivity contribution in [2.75, 3.05) is 43.6 Å². The number of amides is 1. The third-order valence-electron chi connectivity index (χ3n) is 3.60. The van der Waals surface area contributed by atoms with Gasteiger partial charge in [-0.25, -0.2) is 0 Å². The molecule has 0 saturated heterocycles. The van der Waals surface area contributed by atoms with Gasteiger partial charge < -0.3 is 24.8 Å². The molecule has 0 unspecified atom stereocenters. The van der Waals surface area contributed by atoms with Crippen molar-refractivity contribution in [2.24, 2.45) is 0 Å². The summed E-state index contributed by atoms with van der Waals surface area (Å²) in [4.78, 5) is 12.1. The van der Waals surface area contributed by atoms with Crippen LogP contribution in [-0.2, 0) is 9.53 Å². The molecule has 146 valence electrons. The number of anilines is 2. The zero-order chi connectivity index (χ0) is 19.3. The van der Waals surface area contributed by atoms with Crippen LogP contribution in [0.1, 0.15) is 20.3 Å². The van der Waals surface area contributed by atoms with Gasteiger partial charge in [0.25, 0.3) is 0 Å². The minimum atomic E-state index is -0.125. The third-order valence-corrected chi connectivity index (χ3v) is 3.60. The predicted octanol–water partition coefficient (Wildman–Crippen LogP) is 3.94. The Morgan fingerprint density at radius 3 is 2.41 bits per heavy atom. The molecular weight excluding hydrogens is 344 g/mol. The summed E-state index contributed by atoms with van der Waals surface area (Å²) in [7, 11) is 0. The molecule has 2 N–H and O–H groups in total. The van der Waals surface area contributed by atoms with Crippen LogP contribution in [0, 0.1) is 0 Å². The summed E-state index contributed by atoms with van der Waals surface area (Å²) in [6, 6.07) is 14.9. The first-order valence-electron chi connectivity index (χ1n) is 9.28. The Labute approximate surface area is 160 Å². The van der Waals surface area contributed by atoms with E-state index in [0.29, 0.717) is 32.1 Å². The first-order chi connectivity index (χ1) is 13.2. The van der Waals surface area contributed by atoms with Gasteiger partial charge in [0.2, 0.25) is 5.91 Å². The molecule has 0 saturated carbocycles. The fourth-order valence-electron chi connectivity index (χ4n) is 2.30. The van der Waals surface area contributed by atoms with Crippen molar-refractivity contribution in [3.05, 3.63) is 48.5 Å². The van der Waals surface area contributed by atoms with Gasteiger partial charge in [0, 0.05) is 24.0 Å². The average molecular weight is 372 g/mol. The highest BCUT2D eigenvalue weighted by Crippen LogP contribution is 2.18. The van der Waals surface area contributed by atoms with E-state index in [4.69, 9.17) is 14.2 Å². The highest BCUT2D eigenvalue weighted by atomic mass is 16.5. The standard InChI is InChI=1S/C21H28N2O4/c1-3-12-26-20-7-5-6-18(15-20)23-21(24)16-22-17-8-10-19(11-9-17)27-14-13-25-4-2/h5-11,15,22H,3-4,12-14,16H2,1-2H3,(H,23,24). The van der Waals surface area contributed by atoms with Crippen LogP contribution >= 0.6 is 0 Å². The predicted molar refractivity (Wildman–Crippen MR) is 108 cm³/mol. The Morgan fingerprint density at radius 1 is 0.889 bits per heavy atom. The molecule has 1 amide bonds. The number of nitrogens with one attached hydrogen (secondary N) is 2. The first-order valence-corrected chi connectivity index (χ1v) is 9.28. The van der Waals surface area contributed by atoms with E-state index >= 15 is 0 Å². The van der Waals surface area contributed by atoms with Crippen LogP contribution in [0.25, 0.3) is 0 Å². The molecule has 0 bridgehead atoms. The molecule has 0 fully saturated rings. The number of benzene rings is 2. The second kappa shape index (κ2) is 11.8. The monoisotopic (exact) mass is 372 g/mol. The normalized spacial score (nSPS) is 10.3. The highest BCUT2D eigenvalue weighted by molar-refractivity contribution is 5.93. The molecule has 0 aliphatic carbocycles. The van der Waals surface area contributed by atoms with E-state index in [1.165, 1.54) is 0 Å². The zero-order valence-corrected chi connectivity index (χ0v) is 16.0. The van der Waals surface area contributed by atoms with Crippen LogP contribution in [0.4, 0.5) is 11.4 Å². The lowest BCUT2D eigenvalue weighted by Gasteiger charge is -2.10. The molecule has 2 aromatic rings. The van der Waals surface area contributed by atoms with Gasteiger partial charge in [-0.2, -0.15) is 0 Å². The van der Waals surface area contributed by atoms with Crippen molar-refractivity contribution >= 4 is 17.3 Å². The second-order valence-electron chi connectivity index (χ2n) is 5.85. The lowest BCUT2D eigenvalue weighted by molar-refractivity contribution is -0.114. The van der Waals surface area contributed by atoms with E-state index in [1.807, 2.05) is 55.5 Å². The summed E-state index contributed by atoms with van der Waals surface area (Å²) >= 11 is 0. The molecule has 2 aromatic carbocycles. The number of hydrogen-bond acceptors (Lipinski definition) is 5. The van der Waals surface area contributed by atoms with Crippen molar-refractivity contribution in [3.63, 3.8) is 0 Å². The van der Waals surface area contributed by atoms with Crippen LogP contribution in [0.15, 0.2) is 48.5 Å². The van der Waals surface area contributed by atoms with Crippen molar-refractivity contribution in [1.29, 1.82) is 0 Å². The lowest BCUT2D eigenvalue weighted by atomic mass is 10.3. The maximum absolute atomic E-state index is 12.1. The van der Waals surface area contributed by atoms with Crippen molar-refractivity contribution < 1.29 is 19.0 Å². The van der Waals surface area contributed by atoms with Crippen LogP contribution < -0.4 is 20.1 Å². The Bertz CT molecular complexity index is 689. The summed E-state index contributed by atoms with van der Waals surface area (Å²) < 4.78 is 16.4. The smallest absolute Gasteiger partial charge is 0.243 e. The second-order valence-corrected chi connectivity index (χ2v) is 5.85. The Kier molecular flexibility index (Phi) is 9.00. The number of hydrogen-bond donors (Lipinski definition) is 2. The molecule has 6 heteroatoms. The van der Waals surface area contributed by atoms with Gasteiger partial charge in [0.15, 0.2) is 0 Å². The largest absolute Gasteiger partial charge is 0.494 e. The zero-order valence-electron chi connectivity index (χ0n) is 16.0. The summed E-state index contributed by atoms with van der Waals surface area (Å²) in [6.07, 6.45) is 0.941. The lowest BCUT2D eigenvalue weighted by Crippen LogP contribution is -2.21. The van der Waals surface area contributed by atoms with E-state index < -0.39 is 0 Å². The number of carbonyl (C=O) groups excluding carboxylic acids is 1. The van der Waals surface area contributed by atoms with Gasteiger partial charge in [0.1, 0.15) is 18.1 Å². The highest BCUT2D eigenvalue weighted by Gasteiger charge is 2.04. The molecule has 0 radical (unpaired) electrons. The summed E-state index contributed by atoms with van der Waals surface area (Å²) in [5, 5.41) is 5.95. The van der Waals surface area contributed by atoms with Crippen molar-refractivity contribution in [1.82, 2.24) is 0 Å². The minimum absolute atomic E-state index is 0.125. The van der Waals surface area contributed by atoms with E-state index in [0.717, 1.165) is 23.6 Å². The molecule has 0 aliphatic heterocycles. The number of rotatable bonds is 12. The van der Waals surface area contributed by atoms with Crippen molar-refractivity contribution in [2.45, 2.75) is 20.3 Å². The Balaban J connectivity index is 1.75. The number of carbonyl (C=O) groups is 1. The SMILES string of the molecule is CCCOc1cccc(NC(=O)CNc2ccc(OCCOCC)cc2)c1. The first kappa shape index (κ1) is 20.6. The Morgan fingerprint density at radius 2 is 1.67 bits per heavy atom. The Hall–Kier alpha value is -2.73. The quantitative estimate of drug-likeness (QED) is 0.552. The molecule has 6 nitrogen and oxygen atoms in total. The van der Waals surface area contributed by atoms with Crippen molar-refractivity contribution in [3.8, 4) is 11.5 Å². The topological polar surface area (TPSA) is 68.8 Å². The minimum Gasteiger partial charge on any atom is -0.494 e. The van der Waals surface area contributed by atoms with Gasteiger partial charge in [-0.15, -0.1) is 0 Å². The van der Waals surface area contributed by atoms with E-state index in [9.17, 15) is 4.79 Å². The fraction of sp³-hybridized carbons (Fsp3) is 0.381. The van der Waals surface area contributed by atoms with Gasteiger partial charge in [0.05, 0.1) is 19.8 Å². The molecule has 2 rings (SSSR count). The molecule has 27 heavy (non-hydrogen) atoms. The van der Waals surface area contributed by atoms with Crippen LogP contribution in [0.2, 0.25) is 0 Å². The summed E-state index contributed by atoms with van der Waals surface area (Å²) in [5.74, 6) is 1.40. The maximum atomic E-state index is 12.1. The van der Waals surface area contributed by atoms with Gasteiger partial charge in [-0.3, -0.25) is 4.79 Å². The molecule has 0 aromatic heterocycles. The van der Waals surface area contributed by atoms with E-state index in [-0.39, 0.29) is 12.5 Å². The van der Waals surface area contributed by atoms with Gasteiger partial charge in [-0.1, -0.05) is 13.0 Å². The molecule has 0 heterocycles. The van der Waals surface area contributed by atoms with Crippen LogP contribution in [-0.4, -0.2) is 38.9 Å². The third kappa shape index (κ3) is 8.00. The van der Waals surface area contributed by atoms with E-state index in [1.54, 1.807) is 0 Å². The van der Waals surface area contributed by atoms with Crippen LogP contribution in [0.3, 0.4) is 0 Å². The molecule has 0 aliphatic rings. The van der Waals surface area contributed by atoms with Gasteiger partial charge in [-0.05, 0) is 49.7 Å². The van der Waals surface area contributed by atoms with Crippen LogP contribution in [0.5, 0.6) is 11.5 Å². The van der Waals surface area contributed by atoms with E-state index in [2.05, 4.69) is 17.6 Å².